The Hall–Kier alpha value is -1.55. The first-order valence-corrected chi connectivity index (χ1v) is 5.98. The van der Waals surface area contributed by atoms with Crippen LogP contribution in [0.4, 0.5) is 5.69 Å². The smallest absolute Gasteiger partial charge is 0.138 e. The molecule has 4 nitrogen and oxygen atoms in total. The molecule has 0 unspecified atom stereocenters. The van der Waals surface area contributed by atoms with Crippen LogP contribution in [0, 0.1) is 6.92 Å². The molecule has 0 bridgehead atoms. The minimum atomic E-state index is 0.707. The van der Waals surface area contributed by atoms with Gasteiger partial charge in [-0.1, -0.05) is 13.8 Å². The van der Waals surface area contributed by atoms with E-state index in [2.05, 4.69) is 14.7 Å². The van der Waals surface area contributed by atoms with Gasteiger partial charge in [0.15, 0.2) is 0 Å². The number of anilines is 1. The van der Waals surface area contributed by atoms with Crippen molar-refractivity contribution in [2.24, 2.45) is 0 Å². The van der Waals surface area contributed by atoms with Crippen LogP contribution in [-0.4, -0.2) is 29.6 Å². The summed E-state index contributed by atoms with van der Waals surface area (Å²) in [5.41, 5.74) is 3.19. The summed E-state index contributed by atoms with van der Waals surface area (Å²) in [7, 11) is 1.70. The normalized spacial score (nSPS) is 9.88. The number of nitrogens with one attached hydrogen (secondary N) is 1. The molecule has 17 heavy (non-hydrogen) atoms. The minimum Gasteiger partial charge on any atom is -0.383 e. The van der Waals surface area contributed by atoms with Gasteiger partial charge in [0.25, 0.3) is 0 Å². The second-order valence-corrected chi connectivity index (χ2v) is 3.46. The molecule has 0 radical (unpaired) electrons. The predicted molar refractivity (Wildman–Crippen MR) is 71.6 cm³/mol. The quantitative estimate of drug-likeness (QED) is 0.828. The van der Waals surface area contributed by atoms with E-state index in [-0.39, 0.29) is 0 Å². The van der Waals surface area contributed by atoms with Gasteiger partial charge >= 0.3 is 0 Å². The van der Waals surface area contributed by atoms with Crippen LogP contribution in [0.5, 0.6) is 0 Å². The lowest BCUT2D eigenvalue weighted by atomic mass is 10.4. The highest BCUT2D eigenvalue weighted by atomic mass is 16.5. The van der Waals surface area contributed by atoms with Crippen molar-refractivity contribution in [3.8, 4) is 0 Å². The molecule has 2 aromatic heterocycles. The van der Waals surface area contributed by atoms with Crippen LogP contribution in [0.15, 0.2) is 24.5 Å². The molecule has 0 fully saturated rings. The second kappa shape index (κ2) is 6.91. The van der Waals surface area contributed by atoms with Crippen LogP contribution < -0.4 is 5.32 Å². The molecule has 0 spiro atoms. The summed E-state index contributed by atoms with van der Waals surface area (Å²) in [5, 5.41) is 3.27. The summed E-state index contributed by atoms with van der Waals surface area (Å²) < 4.78 is 7.03. The van der Waals surface area contributed by atoms with Crippen molar-refractivity contribution >= 4 is 11.3 Å². The molecule has 2 rings (SSSR count). The van der Waals surface area contributed by atoms with Crippen LogP contribution in [0.2, 0.25) is 0 Å². The number of nitrogens with zero attached hydrogens (tertiary/aromatic N) is 2. The van der Waals surface area contributed by atoms with Gasteiger partial charge in [-0.2, -0.15) is 0 Å². The van der Waals surface area contributed by atoms with Crippen molar-refractivity contribution in [1.82, 2.24) is 9.38 Å². The molecule has 0 aliphatic rings. The van der Waals surface area contributed by atoms with E-state index >= 15 is 0 Å². The van der Waals surface area contributed by atoms with Gasteiger partial charge in [-0.3, -0.25) is 0 Å². The monoisotopic (exact) mass is 235 g/mol. The summed E-state index contributed by atoms with van der Waals surface area (Å²) in [6.07, 6.45) is 3.89. The van der Waals surface area contributed by atoms with E-state index in [9.17, 15) is 0 Å². The minimum absolute atomic E-state index is 0.707. The zero-order valence-corrected chi connectivity index (χ0v) is 11.0. The third-order valence-electron chi connectivity index (χ3n) is 2.33. The van der Waals surface area contributed by atoms with E-state index in [0.29, 0.717) is 6.61 Å². The molecule has 0 saturated heterocycles. The first kappa shape index (κ1) is 13.5. The maximum atomic E-state index is 4.97. The van der Waals surface area contributed by atoms with Crippen LogP contribution in [0.25, 0.3) is 5.65 Å². The molecule has 0 aromatic carbocycles. The molecule has 4 heteroatoms. The van der Waals surface area contributed by atoms with Crippen molar-refractivity contribution in [2.45, 2.75) is 20.8 Å². The van der Waals surface area contributed by atoms with Crippen molar-refractivity contribution in [3.63, 3.8) is 0 Å². The van der Waals surface area contributed by atoms with Crippen molar-refractivity contribution < 1.29 is 4.74 Å². The predicted octanol–water partition coefficient (Wildman–Crippen LogP) is 2.73. The lowest BCUT2D eigenvalue weighted by molar-refractivity contribution is 0.211. The Bertz CT molecular complexity index is 451. The Labute approximate surface area is 103 Å². The molecule has 0 amide bonds. The fourth-order valence-electron chi connectivity index (χ4n) is 1.51. The fraction of sp³-hybridized carbons (Fsp3) is 0.462. The highest BCUT2D eigenvalue weighted by molar-refractivity contribution is 5.55. The van der Waals surface area contributed by atoms with Crippen LogP contribution in [-0.2, 0) is 4.74 Å². The number of aromatic nitrogens is 2. The van der Waals surface area contributed by atoms with E-state index < -0.39 is 0 Å². The van der Waals surface area contributed by atoms with Crippen molar-refractivity contribution in [3.05, 3.63) is 30.2 Å². The highest BCUT2D eigenvalue weighted by Gasteiger charge is 1.99. The summed E-state index contributed by atoms with van der Waals surface area (Å²) in [6, 6.07) is 4.07. The fourth-order valence-corrected chi connectivity index (χ4v) is 1.51. The maximum absolute atomic E-state index is 4.97. The van der Waals surface area contributed by atoms with Gasteiger partial charge in [0, 0.05) is 43.5 Å². The van der Waals surface area contributed by atoms with Crippen LogP contribution in [0.1, 0.15) is 19.5 Å². The van der Waals surface area contributed by atoms with Gasteiger partial charge in [0.1, 0.15) is 5.65 Å². The lowest BCUT2D eigenvalue weighted by Crippen LogP contribution is -2.07. The average Bonchev–Trinajstić information content (AvgIpc) is 2.74. The molecule has 0 aliphatic carbocycles. The molecular weight excluding hydrogens is 214 g/mol. The van der Waals surface area contributed by atoms with E-state index in [1.54, 1.807) is 7.11 Å². The maximum Gasteiger partial charge on any atom is 0.138 e. The molecule has 0 saturated carbocycles. The SMILES string of the molecule is CC.COCCNc1ccn2c(C)cnc2c1. The number of fused-ring (bicyclic) bond motifs is 1. The molecule has 0 atom stereocenters. The average molecular weight is 235 g/mol. The topological polar surface area (TPSA) is 38.6 Å². The van der Waals surface area contributed by atoms with Gasteiger partial charge in [-0.15, -0.1) is 0 Å². The Morgan fingerprint density at radius 3 is 2.88 bits per heavy atom. The molecule has 2 aromatic rings. The second-order valence-electron chi connectivity index (χ2n) is 3.46. The van der Waals surface area contributed by atoms with Crippen molar-refractivity contribution in [1.29, 1.82) is 0 Å². The summed E-state index contributed by atoms with van der Waals surface area (Å²) in [6.45, 7) is 7.56. The molecular formula is C13H21N3O. The van der Waals surface area contributed by atoms with E-state index in [1.807, 2.05) is 45.3 Å². The van der Waals surface area contributed by atoms with E-state index in [0.717, 1.165) is 23.6 Å². The van der Waals surface area contributed by atoms with Crippen LogP contribution >= 0.6 is 0 Å². The number of hydrogen-bond donors (Lipinski definition) is 1. The van der Waals surface area contributed by atoms with Gasteiger partial charge in [-0.05, 0) is 13.0 Å². The highest BCUT2D eigenvalue weighted by Crippen LogP contribution is 2.12. The molecule has 94 valence electrons. The van der Waals surface area contributed by atoms with Gasteiger partial charge in [0.05, 0.1) is 6.61 Å². The van der Waals surface area contributed by atoms with Crippen LogP contribution in [0.3, 0.4) is 0 Å². The number of hydrogen-bond acceptors (Lipinski definition) is 3. The van der Waals surface area contributed by atoms with E-state index in [4.69, 9.17) is 4.74 Å². The van der Waals surface area contributed by atoms with Gasteiger partial charge < -0.3 is 14.5 Å². The number of rotatable bonds is 4. The first-order valence-electron chi connectivity index (χ1n) is 5.98. The summed E-state index contributed by atoms with van der Waals surface area (Å²) >= 11 is 0. The third-order valence-corrected chi connectivity index (χ3v) is 2.33. The summed E-state index contributed by atoms with van der Waals surface area (Å²) in [4.78, 5) is 4.30. The van der Waals surface area contributed by atoms with Crippen molar-refractivity contribution in [2.75, 3.05) is 25.6 Å². The largest absolute Gasteiger partial charge is 0.383 e. The number of methoxy groups -OCH3 is 1. The standard InChI is InChI=1S/C11H15N3O.C2H6/c1-9-8-13-11-7-10(3-5-14(9)11)12-4-6-15-2;1-2/h3,5,7-8,12H,4,6H2,1-2H3;1-2H3. The molecule has 2 heterocycles. The lowest BCUT2D eigenvalue weighted by Gasteiger charge is -2.05. The number of ether oxygens (including phenoxy) is 1. The third kappa shape index (κ3) is 3.46. The molecule has 0 aliphatic heterocycles. The van der Waals surface area contributed by atoms with Gasteiger partial charge in [0.2, 0.25) is 0 Å². The van der Waals surface area contributed by atoms with E-state index in [1.165, 1.54) is 0 Å². The summed E-state index contributed by atoms with van der Waals surface area (Å²) in [5.74, 6) is 0. The Morgan fingerprint density at radius 1 is 1.41 bits per heavy atom. The zero-order valence-electron chi connectivity index (χ0n) is 11.0. The Kier molecular flexibility index (Phi) is 5.49. The van der Waals surface area contributed by atoms with Gasteiger partial charge in [-0.25, -0.2) is 4.98 Å². The Balaban J connectivity index is 0.000000686. The Morgan fingerprint density at radius 2 is 2.18 bits per heavy atom. The zero-order chi connectivity index (χ0) is 12.7. The molecule has 1 N–H and O–H groups in total. The number of pyridine rings is 1. The number of aryl methyl sites for hydroxylation is 1. The first-order chi connectivity index (χ1) is 8.31. The number of imidazole rings is 1.